The number of carbonyl (C=O) groups is 2. The summed E-state index contributed by atoms with van der Waals surface area (Å²) in [5.74, 6) is 0.567. The highest BCUT2D eigenvalue weighted by molar-refractivity contribution is 5.86. The van der Waals surface area contributed by atoms with Crippen LogP contribution in [0.1, 0.15) is 40.5 Å². The van der Waals surface area contributed by atoms with Crippen molar-refractivity contribution in [2.45, 2.75) is 26.6 Å². The second-order valence-corrected chi connectivity index (χ2v) is 4.66. The molecule has 0 spiro atoms. The van der Waals surface area contributed by atoms with Crippen LogP contribution in [-0.4, -0.2) is 18.4 Å². The molecule has 5 heteroatoms. The Morgan fingerprint density at radius 1 is 1.24 bits per heavy atom. The number of carbonyl (C=O) groups excluding carboxylic acids is 2. The van der Waals surface area contributed by atoms with Crippen LogP contribution in [0, 0.1) is 0 Å². The van der Waals surface area contributed by atoms with Crippen molar-refractivity contribution in [1.82, 2.24) is 0 Å². The molecule has 2 rings (SSSR count). The van der Waals surface area contributed by atoms with E-state index >= 15 is 0 Å². The fourth-order valence-corrected chi connectivity index (χ4v) is 1.70. The Morgan fingerprint density at radius 3 is 2.71 bits per heavy atom. The van der Waals surface area contributed by atoms with Gasteiger partial charge in [-0.15, -0.1) is 0 Å². The molecule has 1 aromatic heterocycles. The Hall–Kier alpha value is -2.56. The zero-order chi connectivity index (χ0) is 15.2. The Labute approximate surface area is 122 Å². The zero-order valence-electron chi connectivity index (χ0n) is 11.9. The van der Waals surface area contributed by atoms with E-state index in [2.05, 4.69) is 0 Å². The highest BCUT2D eigenvalue weighted by Crippen LogP contribution is 2.18. The maximum absolute atomic E-state index is 11.6. The van der Waals surface area contributed by atoms with Crippen molar-refractivity contribution in [1.29, 1.82) is 0 Å². The molecule has 0 aliphatic carbocycles. The van der Waals surface area contributed by atoms with Crippen molar-refractivity contribution in [2.24, 2.45) is 0 Å². The minimum atomic E-state index is -0.510. The Kier molecular flexibility index (Phi) is 4.77. The number of aldehydes is 1. The van der Waals surface area contributed by atoms with E-state index in [9.17, 15) is 9.59 Å². The average Bonchev–Trinajstić information content (AvgIpc) is 2.93. The number of hydrogen-bond acceptors (Lipinski definition) is 5. The van der Waals surface area contributed by atoms with E-state index < -0.39 is 5.97 Å². The van der Waals surface area contributed by atoms with Crippen molar-refractivity contribution in [2.75, 3.05) is 0 Å². The summed E-state index contributed by atoms with van der Waals surface area (Å²) in [5, 5.41) is 0. The lowest BCUT2D eigenvalue weighted by Crippen LogP contribution is -2.10. The molecular formula is C16H16O5. The van der Waals surface area contributed by atoms with E-state index in [1.54, 1.807) is 44.2 Å². The number of ether oxygens (including phenoxy) is 2. The standard InChI is InChI=1S/C16H16O5/c1-11(2)20-16(18)15-8-7-13(21-15)10-19-14-6-4-3-5-12(14)9-17/h3-9,11H,10H2,1-2H3. The number of esters is 1. The number of hydrogen-bond donors (Lipinski definition) is 0. The molecule has 2 aromatic rings. The normalized spacial score (nSPS) is 10.4. The number of para-hydroxylation sites is 1. The van der Waals surface area contributed by atoms with Crippen LogP contribution >= 0.6 is 0 Å². The first-order chi connectivity index (χ1) is 10.1. The summed E-state index contributed by atoms with van der Waals surface area (Å²) < 4.78 is 15.9. The molecule has 0 N–H and O–H groups in total. The molecule has 0 saturated heterocycles. The number of furan rings is 1. The van der Waals surface area contributed by atoms with E-state index in [1.807, 2.05) is 0 Å². The first-order valence-corrected chi connectivity index (χ1v) is 6.57. The zero-order valence-corrected chi connectivity index (χ0v) is 11.9. The molecule has 0 aliphatic rings. The van der Waals surface area contributed by atoms with Crippen LogP contribution in [0.3, 0.4) is 0 Å². The molecule has 0 bridgehead atoms. The van der Waals surface area contributed by atoms with Gasteiger partial charge >= 0.3 is 5.97 Å². The summed E-state index contributed by atoms with van der Waals surface area (Å²) >= 11 is 0. The average molecular weight is 288 g/mol. The molecule has 0 aliphatic heterocycles. The second kappa shape index (κ2) is 6.74. The van der Waals surface area contributed by atoms with Gasteiger partial charge in [-0.3, -0.25) is 4.79 Å². The maximum Gasteiger partial charge on any atom is 0.374 e. The lowest BCUT2D eigenvalue weighted by atomic mass is 10.2. The fraction of sp³-hybridized carbons (Fsp3) is 0.250. The lowest BCUT2D eigenvalue weighted by Gasteiger charge is -2.07. The van der Waals surface area contributed by atoms with Gasteiger partial charge in [-0.1, -0.05) is 12.1 Å². The maximum atomic E-state index is 11.6. The van der Waals surface area contributed by atoms with Crippen LogP contribution in [0.15, 0.2) is 40.8 Å². The molecule has 0 fully saturated rings. The van der Waals surface area contributed by atoms with Crippen LogP contribution in [-0.2, 0) is 11.3 Å². The van der Waals surface area contributed by atoms with Crippen molar-refractivity contribution in [3.05, 3.63) is 53.5 Å². The van der Waals surface area contributed by atoms with Crippen LogP contribution in [0.4, 0.5) is 0 Å². The Balaban J connectivity index is 2.00. The van der Waals surface area contributed by atoms with Gasteiger partial charge in [0.15, 0.2) is 6.29 Å². The minimum Gasteiger partial charge on any atom is -0.485 e. The highest BCUT2D eigenvalue weighted by atomic mass is 16.6. The lowest BCUT2D eigenvalue weighted by molar-refractivity contribution is 0.0337. The third-order valence-electron chi connectivity index (χ3n) is 2.62. The first kappa shape index (κ1) is 14.8. The summed E-state index contributed by atoms with van der Waals surface area (Å²) in [4.78, 5) is 22.5. The van der Waals surface area contributed by atoms with Crippen LogP contribution in [0.5, 0.6) is 5.75 Å². The molecule has 0 unspecified atom stereocenters. The fourth-order valence-electron chi connectivity index (χ4n) is 1.70. The minimum absolute atomic E-state index is 0.125. The highest BCUT2D eigenvalue weighted by Gasteiger charge is 2.14. The molecule has 1 heterocycles. The van der Waals surface area contributed by atoms with E-state index in [1.165, 1.54) is 6.07 Å². The quantitative estimate of drug-likeness (QED) is 0.603. The molecule has 0 atom stereocenters. The predicted molar refractivity (Wildman–Crippen MR) is 75.4 cm³/mol. The Bertz CT molecular complexity index is 627. The van der Waals surface area contributed by atoms with Gasteiger partial charge in [-0.05, 0) is 38.1 Å². The van der Waals surface area contributed by atoms with Gasteiger partial charge in [0, 0.05) is 0 Å². The van der Waals surface area contributed by atoms with Gasteiger partial charge in [0.25, 0.3) is 0 Å². The number of benzene rings is 1. The van der Waals surface area contributed by atoms with Crippen molar-refractivity contribution < 1.29 is 23.5 Å². The summed E-state index contributed by atoms with van der Waals surface area (Å²) in [6.07, 6.45) is 0.518. The molecule has 0 radical (unpaired) electrons. The summed E-state index contributed by atoms with van der Waals surface area (Å²) in [6, 6.07) is 10.1. The van der Waals surface area contributed by atoms with Crippen molar-refractivity contribution >= 4 is 12.3 Å². The van der Waals surface area contributed by atoms with Crippen LogP contribution in [0.25, 0.3) is 0 Å². The number of rotatable bonds is 6. The van der Waals surface area contributed by atoms with Crippen molar-refractivity contribution in [3.8, 4) is 5.75 Å². The van der Waals surface area contributed by atoms with E-state index in [4.69, 9.17) is 13.9 Å². The summed E-state index contributed by atoms with van der Waals surface area (Å²) in [5.41, 5.74) is 0.462. The topological polar surface area (TPSA) is 65.7 Å². The van der Waals surface area contributed by atoms with E-state index in [0.717, 1.165) is 6.29 Å². The van der Waals surface area contributed by atoms with Crippen LogP contribution in [0.2, 0.25) is 0 Å². The van der Waals surface area contributed by atoms with Gasteiger partial charge in [0.05, 0.1) is 11.7 Å². The smallest absolute Gasteiger partial charge is 0.374 e. The van der Waals surface area contributed by atoms with Gasteiger partial charge in [-0.25, -0.2) is 4.79 Å². The first-order valence-electron chi connectivity index (χ1n) is 6.57. The van der Waals surface area contributed by atoms with Gasteiger partial charge in [0.2, 0.25) is 5.76 Å². The third-order valence-corrected chi connectivity index (χ3v) is 2.62. The van der Waals surface area contributed by atoms with E-state index in [0.29, 0.717) is 17.1 Å². The Morgan fingerprint density at radius 2 is 2.00 bits per heavy atom. The van der Waals surface area contributed by atoms with Crippen molar-refractivity contribution in [3.63, 3.8) is 0 Å². The second-order valence-electron chi connectivity index (χ2n) is 4.66. The largest absolute Gasteiger partial charge is 0.485 e. The molecule has 21 heavy (non-hydrogen) atoms. The molecule has 1 aromatic carbocycles. The predicted octanol–water partition coefficient (Wildman–Crippen LogP) is 3.24. The molecular weight excluding hydrogens is 272 g/mol. The van der Waals surface area contributed by atoms with Gasteiger partial charge in [-0.2, -0.15) is 0 Å². The third kappa shape index (κ3) is 3.95. The van der Waals surface area contributed by atoms with Crippen LogP contribution < -0.4 is 4.74 Å². The molecule has 110 valence electrons. The SMILES string of the molecule is CC(C)OC(=O)c1ccc(COc2ccccc2C=O)o1. The molecule has 0 saturated carbocycles. The van der Waals surface area contributed by atoms with E-state index in [-0.39, 0.29) is 18.5 Å². The summed E-state index contributed by atoms with van der Waals surface area (Å²) in [6.45, 7) is 3.66. The molecule has 5 nitrogen and oxygen atoms in total. The monoisotopic (exact) mass is 288 g/mol. The van der Waals surface area contributed by atoms with Gasteiger partial charge in [0.1, 0.15) is 18.1 Å². The van der Waals surface area contributed by atoms with Gasteiger partial charge < -0.3 is 13.9 Å². The summed E-state index contributed by atoms with van der Waals surface area (Å²) in [7, 11) is 0. The molecule has 0 amide bonds.